The number of carbonyl (C=O) groups excluding carboxylic acids is 1. The van der Waals surface area contributed by atoms with Crippen LogP contribution in [0.5, 0.6) is 0 Å². The van der Waals surface area contributed by atoms with E-state index in [1.54, 1.807) is 19.1 Å². The average molecular weight is 295 g/mol. The smallest absolute Gasteiger partial charge is 0.242 e. The lowest BCUT2D eigenvalue weighted by Gasteiger charge is -2.11. The van der Waals surface area contributed by atoms with Gasteiger partial charge in [-0.3, -0.25) is 10.1 Å². The molecule has 0 saturated carbocycles. The summed E-state index contributed by atoms with van der Waals surface area (Å²) < 4.78 is 26.4. The highest BCUT2D eigenvalue weighted by atomic mass is 32.2. The summed E-state index contributed by atoms with van der Waals surface area (Å²) in [5.74, 6) is 1.98. The van der Waals surface area contributed by atoms with E-state index < -0.39 is 10.0 Å². The summed E-state index contributed by atoms with van der Waals surface area (Å²) >= 11 is 0. The third-order valence-electron chi connectivity index (χ3n) is 2.30. The Morgan fingerprint density at radius 1 is 1.35 bits per heavy atom. The SMILES string of the molecule is C#CCNCC(=O)Nc1ccccc1S(=O)(=O)NCC. The normalized spacial score (nSPS) is 10.8. The number of carbonyl (C=O) groups is 1. The van der Waals surface area contributed by atoms with E-state index >= 15 is 0 Å². The van der Waals surface area contributed by atoms with Gasteiger partial charge in [-0.25, -0.2) is 13.1 Å². The van der Waals surface area contributed by atoms with Crippen molar-refractivity contribution >= 4 is 21.6 Å². The Labute approximate surface area is 119 Å². The molecule has 0 aliphatic rings. The Kier molecular flexibility index (Phi) is 6.18. The van der Waals surface area contributed by atoms with Crippen molar-refractivity contribution in [1.29, 1.82) is 0 Å². The predicted molar refractivity (Wildman–Crippen MR) is 77.6 cm³/mol. The Morgan fingerprint density at radius 3 is 2.70 bits per heavy atom. The van der Waals surface area contributed by atoms with Crippen molar-refractivity contribution in [3.05, 3.63) is 24.3 Å². The van der Waals surface area contributed by atoms with Gasteiger partial charge in [-0.1, -0.05) is 25.0 Å². The molecule has 1 rings (SSSR count). The van der Waals surface area contributed by atoms with Crippen molar-refractivity contribution < 1.29 is 13.2 Å². The largest absolute Gasteiger partial charge is 0.324 e. The first-order chi connectivity index (χ1) is 9.51. The highest BCUT2D eigenvalue weighted by molar-refractivity contribution is 7.89. The number of hydrogen-bond donors (Lipinski definition) is 3. The standard InChI is InChI=1S/C13H17N3O3S/c1-3-9-14-10-13(17)16-11-7-5-6-8-12(11)20(18,19)15-4-2/h1,5-8,14-15H,4,9-10H2,2H3,(H,16,17). The van der Waals surface area contributed by atoms with Gasteiger partial charge >= 0.3 is 0 Å². The molecule has 0 aliphatic carbocycles. The Bertz CT molecular complexity index is 606. The van der Waals surface area contributed by atoms with E-state index in [9.17, 15) is 13.2 Å². The molecule has 0 bridgehead atoms. The van der Waals surface area contributed by atoms with Gasteiger partial charge in [0.15, 0.2) is 0 Å². The molecular formula is C13H17N3O3S. The molecule has 0 aliphatic heterocycles. The summed E-state index contributed by atoms with van der Waals surface area (Å²) in [4.78, 5) is 11.7. The van der Waals surface area contributed by atoms with Crippen molar-refractivity contribution in [2.45, 2.75) is 11.8 Å². The minimum absolute atomic E-state index is 0.0137. The highest BCUT2D eigenvalue weighted by Gasteiger charge is 2.18. The van der Waals surface area contributed by atoms with Crippen molar-refractivity contribution in [1.82, 2.24) is 10.0 Å². The van der Waals surface area contributed by atoms with Crippen LogP contribution in [0.3, 0.4) is 0 Å². The maximum Gasteiger partial charge on any atom is 0.242 e. The number of terminal acetylenes is 1. The van der Waals surface area contributed by atoms with Gasteiger partial charge in [-0.2, -0.15) is 0 Å². The van der Waals surface area contributed by atoms with Crippen LogP contribution >= 0.6 is 0 Å². The molecule has 20 heavy (non-hydrogen) atoms. The van der Waals surface area contributed by atoms with Crippen LogP contribution in [0.25, 0.3) is 0 Å². The van der Waals surface area contributed by atoms with Crippen LogP contribution in [0.2, 0.25) is 0 Å². The first-order valence-corrected chi connectivity index (χ1v) is 7.52. The first kappa shape index (κ1) is 16.2. The van der Waals surface area contributed by atoms with E-state index in [4.69, 9.17) is 6.42 Å². The van der Waals surface area contributed by atoms with Gasteiger partial charge in [-0.05, 0) is 12.1 Å². The van der Waals surface area contributed by atoms with Crippen LogP contribution < -0.4 is 15.4 Å². The van der Waals surface area contributed by atoms with Gasteiger partial charge in [0.1, 0.15) is 4.90 Å². The topological polar surface area (TPSA) is 87.3 Å². The molecular weight excluding hydrogens is 278 g/mol. The molecule has 7 heteroatoms. The number of benzene rings is 1. The number of nitrogens with one attached hydrogen (secondary N) is 3. The van der Waals surface area contributed by atoms with Gasteiger partial charge in [-0.15, -0.1) is 6.42 Å². The Hall–Kier alpha value is -1.88. The number of sulfonamides is 1. The molecule has 1 amide bonds. The molecule has 0 aromatic heterocycles. The van der Waals surface area contributed by atoms with Gasteiger partial charge in [0.25, 0.3) is 0 Å². The molecule has 1 aromatic carbocycles. The fraction of sp³-hybridized carbons (Fsp3) is 0.308. The number of anilines is 1. The molecule has 0 fully saturated rings. The summed E-state index contributed by atoms with van der Waals surface area (Å²) in [6.07, 6.45) is 5.05. The van der Waals surface area contributed by atoms with Crippen molar-refractivity contribution in [3.8, 4) is 12.3 Å². The minimum atomic E-state index is -3.63. The van der Waals surface area contributed by atoms with Crippen molar-refractivity contribution in [2.75, 3.05) is 25.0 Å². The zero-order chi connectivity index (χ0) is 15.0. The zero-order valence-electron chi connectivity index (χ0n) is 11.1. The second kappa shape index (κ2) is 7.65. The van der Waals surface area contributed by atoms with Crippen molar-refractivity contribution in [3.63, 3.8) is 0 Å². The second-order valence-corrected chi connectivity index (χ2v) is 5.59. The van der Waals surface area contributed by atoms with Crippen LogP contribution in [-0.4, -0.2) is 34.0 Å². The molecule has 0 atom stereocenters. The molecule has 6 nitrogen and oxygen atoms in total. The summed E-state index contributed by atoms with van der Waals surface area (Å²) in [6, 6.07) is 6.21. The summed E-state index contributed by atoms with van der Waals surface area (Å²) in [7, 11) is -3.63. The molecule has 0 saturated heterocycles. The molecule has 0 radical (unpaired) electrons. The molecule has 0 spiro atoms. The van der Waals surface area contributed by atoms with Gasteiger partial charge in [0, 0.05) is 6.54 Å². The number of rotatable bonds is 7. The quantitative estimate of drug-likeness (QED) is 0.493. The molecule has 3 N–H and O–H groups in total. The van der Waals surface area contributed by atoms with Crippen LogP contribution in [0.15, 0.2) is 29.2 Å². The molecule has 0 heterocycles. The Morgan fingerprint density at radius 2 is 2.05 bits per heavy atom. The van der Waals surface area contributed by atoms with Crippen molar-refractivity contribution in [2.24, 2.45) is 0 Å². The summed E-state index contributed by atoms with van der Waals surface area (Å²) in [5.41, 5.74) is 0.237. The van der Waals surface area contributed by atoms with Crippen LogP contribution in [-0.2, 0) is 14.8 Å². The average Bonchev–Trinajstić information content (AvgIpc) is 2.39. The molecule has 108 valence electrons. The van der Waals surface area contributed by atoms with E-state index in [-0.39, 0.29) is 36.1 Å². The lowest BCUT2D eigenvalue weighted by molar-refractivity contribution is -0.115. The monoisotopic (exact) mass is 295 g/mol. The van der Waals surface area contributed by atoms with Crippen LogP contribution in [0, 0.1) is 12.3 Å². The van der Waals surface area contributed by atoms with E-state index in [0.717, 1.165) is 0 Å². The predicted octanol–water partition coefficient (Wildman–Crippen LogP) is 0.146. The van der Waals surface area contributed by atoms with Gasteiger partial charge in [0.05, 0.1) is 18.8 Å². The Balaban J connectivity index is 2.87. The number of amides is 1. The second-order valence-electron chi connectivity index (χ2n) is 3.85. The highest BCUT2D eigenvalue weighted by Crippen LogP contribution is 2.20. The van der Waals surface area contributed by atoms with E-state index in [0.29, 0.717) is 0 Å². The number of hydrogen-bond acceptors (Lipinski definition) is 4. The summed E-state index contributed by atoms with van der Waals surface area (Å²) in [6.45, 7) is 2.24. The molecule has 1 aromatic rings. The molecule has 0 unspecified atom stereocenters. The van der Waals surface area contributed by atoms with E-state index in [1.807, 2.05) is 0 Å². The zero-order valence-corrected chi connectivity index (χ0v) is 12.0. The lowest BCUT2D eigenvalue weighted by Crippen LogP contribution is -2.30. The van der Waals surface area contributed by atoms with Gasteiger partial charge < -0.3 is 5.32 Å². The maximum atomic E-state index is 12.0. The fourth-order valence-electron chi connectivity index (χ4n) is 1.51. The summed E-state index contributed by atoms with van der Waals surface area (Å²) in [5, 5.41) is 5.27. The first-order valence-electron chi connectivity index (χ1n) is 6.04. The third kappa shape index (κ3) is 4.66. The minimum Gasteiger partial charge on any atom is -0.324 e. The van der Waals surface area contributed by atoms with E-state index in [2.05, 4.69) is 21.3 Å². The van der Waals surface area contributed by atoms with E-state index in [1.165, 1.54) is 12.1 Å². The number of para-hydroxylation sites is 1. The van der Waals surface area contributed by atoms with Crippen LogP contribution in [0.4, 0.5) is 5.69 Å². The maximum absolute atomic E-state index is 12.0. The van der Waals surface area contributed by atoms with Crippen LogP contribution in [0.1, 0.15) is 6.92 Å². The lowest BCUT2D eigenvalue weighted by atomic mass is 10.3. The van der Waals surface area contributed by atoms with Gasteiger partial charge in [0.2, 0.25) is 15.9 Å². The third-order valence-corrected chi connectivity index (χ3v) is 3.90. The fourth-order valence-corrected chi connectivity index (χ4v) is 2.72.